The van der Waals surface area contributed by atoms with Gasteiger partial charge in [0.05, 0.1) is 0 Å². The summed E-state index contributed by atoms with van der Waals surface area (Å²) in [6.45, 7) is 15.5. The van der Waals surface area contributed by atoms with Gasteiger partial charge in [-0.15, -0.1) is 0 Å². The third kappa shape index (κ3) is 2.75. The molecular formula is C18H33N3Si. The van der Waals surface area contributed by atoms with Crippen LogP contribution in [0.25, 0.3) is 0 Å². The van der Waals surface area contributed by atoms with E-state index in [4.69, 9.17) is 0 Å². The number of fused-ring (bicyclic) bond motifs is 1. The zero-order valence-electron chi connectivity index (χ0n) is 14.9. The normalized spacial score (nSPS) is 36.5. The lowest BCUT2D eigenvalue weighted by atomic mass is 9.76. The van der Waals surface area contributed by atoms with Crippen molar-refractivity contribution < 1.29 is 0 Å². The fourth-order valence-electron chi connectivity index (χ4n) is 5.05. The van der Waals surface area contributed by atoms with Gasteiger partial charge in [-0.05, 0) is 35.6 Å². The lowest BCUT2D eigenvalue weighted by Gasteiger charge is -2.46. The van der Waals surface area contributed by atoms with Gasteiger partial charge in [0.1, 0.15) is 8.24 Å². The summed E-state index contributed by atoms with van der Waals surface area (Å²) in [6, 6.07) is 0. The minimum absolute atomic E-state index is 0.682. The fraction of sp³-hybridized carbons (Fsp3) is 0.778. The Hall–Kier alpha value is -0.423. The van der Waals surface area contributed by atoms with Gasteiger partial charge in [0.15, 0.2) is 0 Å². The molecule has 3 aliphatic rings. The van der Waals surface area contributed by atoms with Crippen molar-refractivity contribution in [1.29, 1.82) is 0 Å². The van der Waals surface area contributed by atoms with Crippen LogP contribution in [0.5, 0.6) is 0 Å². The van der Waals surface area contributed by atoms with Gasteiger partial charge in [0.25, 0.3) is 0 Å². The summed E-state index contributed by atoms with van der Waals surface area (Å²) < 4.78 is 2.72. The van der Waals surface area contributed by atoms with Gasteiger partial charge in [-0.3, -0.25) is 15.2 Å². The molecule has 2 fully saturated rings. The maximum absolute atomic E-state index is 3.49. The Morgan fingerprint density at radius 1 is 1.23 bits per heavy atom. The Bertz CT molecular complexity index is 463. The van der Waals surface area contributed by atoms with Crippen LogP contribution in [0.1, 0.15) is 27.2 Å². The third-order valence-corrected chi connectivity index (χ3v) is 10.8. The molecule has 0 amide bonds. The maximum Gasteiger partial charge on any atom is 0.128 e. The first-order chi connectivity index (χ1) is 10.4. The Balaban J connectivity index is 1.84. The predicted octanol–water partition coefficient (Wildman–Crippen LogP) is 3.35. The van der Waals surface area contributed by atoms with Crippen LogP contribution < -0.4 is 10.6 Å². The van der Waals surface area contributed by atoms with Gasteiger partial charge in [0.2, 0.25) is 0 Å². The number of nitrogens with zero attached hydrogens (tertiary/aromatic N) is 1. The van der Waals surface area contributed by atoms with Crippen molar-refractivity contribution in [2.75, 3.05) is 20.0 Å². The summed E-state index contributed by atoms with van der Waals surface area (Å²) >= 11 is 0. The number of rotatable bonds is 3. The van der Waals surface area contributed by atoms with Crippen molar-refractivity contribution in [2.45, 2.75) is 45.8 Å². The average molecular weight is 320 g/mol. The largest absolute Gasteiger partial charge is 0.299 e. The number of allylic oxidation sites excluding steroid dienone is 4. The number of hydrogen-bond donors (Lipinski definition) is 2. The van der Waals surface area contributed by atoms with Crippen LogP contribution in [0.2, 0.25) is 18.6 Å². The van der Waals surface area contributed by atoms with Crippen LogP contribution in [0.15, 0.2) is 23.8 Å². The van der Waals surface area contributed by atoms with Gasteiger partial charge in [-0.2, -0.15) is 0 Å². The molecule has 0 spiro atoms. The van der Waals surface area contributed by atoms with Gasteiger partial charge >= 0.3 is 0 Å². The van der Waals surface area contributed by atoms with Crippen LogP contribution >= 0.6 is 0 Å². The van der Waals surface area contributed by atoms with Crippen LogP contribution in [-0.4, -0.2) is 32.8 Å². The molecular weight excluding hydrogens is 286 g/mol. The summed E-state index contributed by atoms with van der Waals surface area (Å²) in [5.41, 5.74) is 2.56. The van der Waals surface area contributed by atoms with Crippen molar-refractivity contribution >= 4 is 8.24 Å². The van der Waals surface area contributed by atoms with E-state index in [0.29, 0.717) is 5.92 Å². The average Bonchev–Trinajstić information content (AvgIpc) is 2.86. The Labute approximate surface area is 137 Å². The Kier molecular flexibility index (Phi) is 4.65. The molecule has 4 unspecified atom stereocenters. The van der Waals surface area contributed by atoms with Gasteiger partial charge < -0.3 is 0 Å². The molecule has 2 N–H and O–H groups in total. The van der Waals surface area contributed by atoms with Crippen molar-refractivity contribution in [2.24, 2.45) is 23.7 Å². The maximum atomic E-state index is 3.49. The molecule has 0 radical (unpaired) electrons. The molecule has 1 saturated carbocycles. The van der Waals surface area contributed by atoms with Crippen LogP contribution in [0.4, 0.5) is 0 Å². The standard InChI is InChI=1S/C18H33N3Si/c1-13(2)15-7-6-8-16-17(9-14(3)18(15)16)22(4,5)21-11-19-10-20-12-21/h6-8,13-14,16-20H,9-12H2,1-5H3. The van der Waals surface area contributed by atoms with Crippen molar-refractivity contribution in [3.05, 3.63) is 23.8 Å². The van der Waals surface area contributed by atoms with E-state index in [1.165, 1.54) is 6.42 Å². The van der Waals surface area contributed by atoms with Crippen LogP contribution in [0.3, 0.4) is 0 Å². The minimum atomic E-state index is -1.45. The summed E-state index contributed by atoms with van der Waals surface area (Å²) in [5, 5.41) is 6.99. The lowest BCUT2D eigenvalue weighted by Crippen LogP contribution is -2.63. The molecule has 0 aromatic carbocycles. The molecule has 2 aliphatic carbocycles. The van der Waals surface area contributed by atoms with Crippen LogP contribution in [-0.2, 0) is 0 Å². The van der Waals surface area contributed by atoms with Crippen LogP contribution in [0, 0.1) is 23.7 Å². The lowest BCUT2D eigenvalue weighted by molar-refractivity contribution is 0.283. The predicted molar refractivity (Wildman–Crippen MR) is 96.8 cm³/mol. The van der Waals surface area contributed by atoms with E-state index in [-0.39, 0.29) is 0 Å². The van der Waals surface area contributed by atoms with E-state index >= 15 is 0 Å². The summed E-state index contributed by atoms with van der Waals surface area (Å²) in [5.74, 6) is 3.06. The first-order valence-corrected chi connectivity index (χ1v) is 12.0. The highest BCUT2D eigenvalue weighted by Crippen LogP contribution is 2.55. The second-order valence-electron chi connectivity index (χ2n) is 8.32. The number of hydrogen-bond acceptors (Lipinski definition) is 3. The summed E-state index contributed by atoms with van der Waals surface area (Å²) in [4.78, 5) is 0. The topological polar surface area (TPSA) is 27.3 Å². The quantitative estimate of drug-likeness (QED) is 0.781. The molecule has 4 atom stereocenters. The Morgan fingerprint density at radius 3 is 2.55 bits per heavy atom. The monoisotopic (exact) mass is 319 g/mol. The zero-order valence-corrected chi connectivity index (χ0v) is 15.9. The highest BCUT2D eigenvalue weighted by molar-refractivity contribution is 6.76. The second-order valence-corrected chi connectivity index (χ2v) is 13.0. The first kappa shape index (κ1) is 16.4. The highest BCUT2D eigenvalue weighted by Gasteiger charge is 2.51. The molecule has 3 nitrogen and oxygen atoms in total. The molecule has 0 bridgehead atoms. The highest BCUT2D eigenvalue weighted by atomic mass is 28.3. The van der Waals surface area contributed by atoms with Crippen molar-refractivity contribution in [1.82, 2.24) is 15.2 Å². The van der Waals surface area contributed by atoms with Crippen molar-refractivity contribution in [3.8, 4) is 0 Å². The van der Waals surface area contributed by atoms with E-state index < -0.39 is 8.24 Å². The SMILES string of the molecule is CC(C)C1=CC=CC2C1C(C)CC2[Si](C)(C)N1CNCNC1. The van der Waals surface area contributed by atoms with Crippen molar-refractivity contribution in [3.63, 3.8) is 0 Å². The first-order valence-electron chi connectivity index (χ1n) is 8.97. The van der Waals surface area contributed by atoms with Gasteiger partial charge in [0, 0.05) is 20.0 Å². The molecule has 124 valence electrons. The Morgan fingerprint density at radius 2 is 1.91 bits per heavy atom. The molecule has 1 aliphatic heterocycles. The van der Waals surface area contributed by atoms with E-state index in [9.17, 15) is 0 Å². The molecule has 4 heteroatoms. The molecule has 22 heavy (non-hydrogen) atoms. The molecule has 0 aromatic rings. The number of nitrogens with one attached hydrogen (secondary N) is 2. The summed E-state index contributed by atoms with van der Waals surface area (Å²) in [6.07, 6.45) is 8.69. The molecule has 1 saturated heterocycles. The van der Waals surface area contributed by atoms with Gasteiger partial charge in [-0.1, -0.05) is 57.7 Å². The smallest absolute Gasteiger partial charge is 0.128 e. The molecule has 1 heterocycles. The van der Waals surface area contributed by atoms with E-state index in [0.717, 1.165) is 43.3 Å². The second kappa shape index (κ2) is 6.23. The molecule has 3 rings (SSSR count). The molecule has 0 aromatic heterocycles. The third-order valence-electron chi connectivity index (χ3n) is 6.37. The van der Waals surface area contributed by atoms with E-state index in [1.54, 1.807) is 5.57 Å². The summed E-state index contributed by atoms with van der Waals surface area (Å²) in [7, 11) is -1.45. The minimum Gasteiger partial charge on any atom is -0.299 e. The van der Waals surface area contributed by atoms with Gasteiger partial charge in [-0.25, -0.2) is 0 Å². The fourth-order valence-corrected chi connectivity index (χ4v) is 8.77. The zero-order chi connectivity index (χ0) is 15.9. The van der Waals surface area contributed by atoms with E-state index in [2.05, 4.69) is 67.3 Å². The van der Waals surface area contributed by atoms with E-state index in [1.807, 2.05) is 0 Å².